The summed E-state index contributed by atoms with van der Waals surface area (Å²) in [6, 6.07) is 0. The molecule has 0 rings (SSSR count). The summed E-state index contributed by atoms with van der Waals surface area (Å²) in [5.74, 6) is -0.906. The summed E-state index contributed by atoms with van der Waals surface area (Å²) in [4.78, 5) is 38.3. The number of hydrogen-bond donors (Lipinski definition) is 0. The highest BCUT2D eigenvalue weighted by Crippen LogP contribution is 2.17. The van der Waals surface area contributed by atoms with Crippen LogP contribution >= 0.6 is 0 Å². The Morgan fingerprint density at radius 2 is 0.527 bits per heavy atom. The number of carbonyl (C=O) groups is 3. The molecule has 0 aromatic heterocycles. The summed E-state index contributed by atoms with van der Waals surface area (Å²) < 4.78 is 16.9. The van der Waals surface area contributed by atoms with Crippen molar-refractivity contribution in [3.8, 4) is 0 Å². The van der Waals surface area contributed by atoms with Gasteiger partial charge in [0.1, 0.15) is 13.2 Å². The molecule has 0 amide bonds. The van der Waals surface area contributed by atoms with Gasteiger partial charge in [0.25, 0.3) is 0 Å². The third kappa shape index (κ3) is 59.5. The van der Waals surface area contributed by atoms with Crippen molar-refractivity contribution in [3.05, 3.63) is 85.1 Å². The van der Waals surface area contributed by atoms with Crippen molar-refractivity contribution in [2.24, 2.45) is 0 Å². The number of hydrogen-bond acceptors (Lipinski definition) is 6. The minimum absolute atomic E-state index is 0.0880. The van der Waals surface area contributed by atoms with E-state index in [2.05, 4.69) is 106 Å². The molecule has 6 nitrogen and oxygen atoms in total. The van der Waals surface area contributed by atoms with E-state index in [4.69, 9.17) is 14.2 Å². The molecule has 74 heavy (non-hydrogen) atoms. The number of unbranched alkanes of at least 4 members (excludes halogenated alkanes) is 32. The summed E-state index contributed by atoms with van der Waals surface area (Å²) in [6.07, 6.45) is 81.5. The Labute approximate surface area is 458 Å². The molecule has 0 saturated heterocycles. The largest absolute Gasteiger partial charge is 0.462 e. The lowest BCUT2D eigenvalue weighted by Crippen LogP contribution is -2.30. The number of allylic oxidation sites excluding steroid dienone is 14. The predicted octanol–water partition coefficient (Wildman–Crippen LogP) is 21.5. The van der Waals surface area contributed by atoms with Crippen LogP contribution in [0.15, 0.2) is 85.1 Å². The number of carbonyl (C=O) groups excluding carboxylic acids is 3. The molecule has 0 N–H and O–H groups in total. The SMILES string of the molecule is CC/C=C\C/C=C\C/C=C\C/C=C\C/C=C\CCCCCCCC(=O)OCC(COC(=O)CCCCCCC/C=C\C/C=C\CCCCC)OC(=O)CCCCCCCCCCCCCCCCCCCCCC. The maximum atomic E-state index is 12.9. The third-order valence-electron chi connectivity index (χ3n) is 13.6. The molecule has 0 saturated carbocycles. The molecule has 1 unspecified atom stereocenters. The van der Waals surface area contributed by atoms with E-state index in [0.29, 0.717) is 19.3 Å². The molecular formula is C68H118O6. The summed E-state index contributed by atoms with van der Waals surface area (Å²) in [7, 11) is 0. The van der Waals surface area contributed by atoms with E-state index in [-0.39, 0.29) is 31.1 Å². The van der Waals surface area contributed by atoms with E-state index in [1.54, 1.807) is 0 Å². The molecule has 6 heteroatoms. The van der Waals surface area contributed by atoms with Gasteiger partial charge >= 0.3 is 17.9 Å². The summed E-state index contributed by atoms with van der Waals surface area (Å²) in [6.45, 7) is 6.51. The van der Waals surface area contributed by atoms with Gasteiger partial charge in [-0.3, -0.25) is 14.4 Å². The highest BCUT2D eigenvalue weighted by Gasteiger charge is 2.19. The lowest BCUT2D eigenvalue weighted by atomic mass is 10.0. The molecular weight excluding hydrogens is 913 g/mol. The predicted molar refractivity (Wildman–Crippen MR) is 321 cm³/mol. The van der Waals surface area contributed by atoms with Gasteiger partial charge in [0, 0.05) is 19.3 Å². The van der Waals surface area contributed by atoms with Gasteiger partial charge in [0.15, 0.2) is 6.10 Å². The first kappa shape index (κ1) is 70.6. The topological polar surface area (TPSA) is 78.9 Å². The van der Waals surface area contributed by atoms with Crippen molar-refractivity contribution in [1.29, 1.82) is 0 Å². The van der Waals surface area contributed by atoms with Crippen molar-refractivity contribution in [2.75, 3.05) is 13.2 Å². The molecule has 0 aliphatic heterocycles. The van der Waals surface area contributed by atoms with Crippen LogP contribution in [0.2, 0.25) is 0 Å². The Morgan fingerprint density at radius 1 is 0.284 bits per heavy atom. The van der Waals surface area contributed by atoms with E-state index < -0.39 is 6.10 Å². The van der Waals surface area contributed by atoms with Gasteiger partial charge in [0.05, 0.1) is 0 Å². The normalized spacial score (nSPS) is 12.6. The minimum atomic E-state index is -0.791. The van der Waals surface area contributed by atoms with Crippen molar-refractivity contribution in [1.82, 2.24) is 0 Å². The highest BCUT2D eigenvalue weighted by atomic mass is 16.6. The van der Waals surface area contributed by atoms with Crippen molar-refractivity contribution in [3.63, 3.8) is 0 Å². The molecule has 0 aromatic rings. The third-order valence-corrected chi connectivity index (χ3v) is 13.6. The fraction of sp³-hybridized carbons (Fsp3) is 0.750. The van der Waals surface area contributed by atoms with Crippen LogP contribution in [-0.4, -0.2) is 37.2 Å². The Kier molecular flexibility index (Phi) is 59.3. The lowest BCUT2D eigenvalue weighted by molar-refractivity contribution is -0.167. The monoisotopic (exact) mass is 1030 g/mol. The molecule has 0 fully saturated rings. The van der Waals surface area contributed by atoms with Crippen LogP contribution in [0.4, 0.5) is 0 Å². The first-order valence-corrected chi connectivity index (χ1v) is 31.6. The second-order valence-corrected chi connectivity index (χ2v) is 20.9. The average molecular weight is 1030 g/mol. The van der Waals surface area contributed by atoms with Gasteiger partial charge < -0.3 is 14.2 Å². The second-order valence-electron chi connectivity index (χ2n) is 20.9. The minimum Gasteiger partial charge on any atom is -0.462 e. The van der Waals surface area contributed by atoms with Crippen molar-refractivity contribution >= 4 is 17.9 Å². The molecule has 0 radical (unpaired) electrons. The van der Waals surface area contributed by atoms with Crippen LogP contribution in [0.5, 0.6) is 0 Å². The second kappa shape index (κ2) is 62.1. The highest BCUT2D eigenvalue weighted by molar-refractivity contribution is 5.71. The van der Waals surface area contributed by atoms with Gasteiger partial charge in [-0.25, -0.2) is 0 Å². The summed E-state index contributed by atoms with van der Waals surface area (Å²) >= 11 is 0. The standard InChI is InChI=1S/C68H118O6/c1-4-7-10-13-16-19-22-25-28-30-32-34-36-37-40-43-46-49-52-55-58-61-67(70)73-64-65(63-72-66(69)60-57-54-51-48-45-42-39-27-24-21-18-15-12-9-6-3)74-68(71)62-59-56-53-50-47-44-41-38-35-33-31-29-26-23-20-17-14-11-8-5-2/h7,10,16,18-19,21,25,27-28,32,34,37,39-40,65H,4-6,8-9,11-15,17,20,22-24,26,29-31,33,35-36,38,41-64H2,1-3H3/b10-7-,19-16-,21-18-,28-25-,34-32-,39-27-,40-37-. The molecule has 0 aromatic carbocycles. The van der Waals surface area contributed by atoms with Crippen LogP contribution in [0.3, 0.4) is 0 Å². The average Bonchev–Trinajstić information content (AvgIpc) is 3.40. The maximum absolute atomic E-state index is 12.9. The van der Waals surface area contributed by atoms with Gasteiger partial charge in [-0.1, -0.05) is 279 Å². The van der Waals surface area contributed by atoms with Gasteiger partial charge in [0.2, 0.25) is 0 Å². The quantitative estimate of drug-likeness (QED) is 0.0261. The zero-order valence-corrected chi connectivity index (χ0v) is 48.8. The van der Waals surface area contributed by atoms with Crippen LogP contribution in [0.25, 0.3) is 0 Å². The Bertz CT molecular complexity index is 1420. The van der Waals surface area contributed by atoms with Crippen LogP contribution in [0.1, 0.15) is 310 Å². The molecule has 1 atom stereocenters. The zero-order valence-electron chi connectivity index (χ0n) is 48.8. The van der Waals surface area contributed by atoms with E-state index in [1.165, 1.54) is 141 Å². The summed E-state index contributed by atoms with van der Waals surface area (Å²) in [5, 5.41) is 0. The number of esters is 3. The molecule has 0 spiro atoms. The number of rotatable bonds is 57. The van der Waals surface area contributed by atoms with Crippen molar-refractivity contribution in [2.45, 2.75) is 316 Å². The zero-order chi connectivity index (χ0) is 53.6. The van der Waals surface area contributed by atoms with E-state index in [0.717, 1.165) is 128 Å². The molecule has 0 aliphatic rings. The Morgan fingerprint density at radius 3 is 0.851 bits per heavy atom. The first-order chi connectivity index (χ1) is 36.5. The smallest absolute Gasteiger partial charge is 0.306 e. The van der Waals surface area contributed by atoms with Crippen LogP contribution in [-0.2, 0) is 28.6 Å². The number of ether oxygens (including phenoxy) is 3. The van der Waals surface area contributed by atoms with Gasteiger partial charge in [-0.15, -0.1) is 0 Å². The van der Waals surface area contributed by atoms with Gasteiger partial charge in [-0.2, -0.15) is 0 Å². The van der Waals surface area contributed by atoms with E-state index in [1.807, 2.05) is 0 Å². The Hall–Kier alpha value is -3.41. The lowest BCUT2D eigenvalue weighted by Gasteiger charge is -2.18. The Balaban J connectivity index is 4.40. The molecule has 0 heterocycles. The van der Waals surface area contributed by atoms with Crippen LogP contribution in [0, 0.1) is 0 Å². The molecule has 0 aliphatic carbocycles. The van der Waals surface area contributed by atoms with Crippen molar-refractivity contribution < 1.29 is 28.6 Å². The fourth-order valence-corrected chi connectivity index (χ4v) is 8.91. The summed E-state index contributed by atoms with van der Waals surface area (Å²) in [5.41, 5.74) is 0. The fourth-order valence-electron chi connectivity index (χ4n) is 8.91. The van der Waals surface area contributed by atoms with E-state index >= 15 is 0 Å². The van der Waals surface area contributed by atoms with E-state index in [9.17, 15) is 14.4 Å². The van der Waals surface area contributed by atoms with Gasteiger partial charge in [-0.05, 0) is 96.3 Å². The first-order valence-electron chi connectivity index (χ1n) is 31.6. The maximum Gasteiger partial charge on any atom is 0.306 e. The molecule has 0 bridgehead atoms. The van der Waals surface area contributed by atoms with Crippen LogP contribution < -0.4 is 0 Å². The molecule has 426 valence electrons.